The maximum Gasteiger partial charge on any atom is 0.341 e. The second kappa shape index (κ2) is 8.16. The van der Waals surface area contributed by atoms with Crippen molar-refractivity contribution in [2.75, 3.05) is 12.3 Å². The Kier molecular flexibility index (Phi) is 5.63. The number of imide groups is 1. The molecule has 9 nitrogen and oxygen atoms in total. The molecule has 2 aromatic rings. The number of fused-ring (bicyclic) bond motifs is 2. The van der Waals surface area contributed by atoms with Crippen molar-refractivity contribution in [3.8, 4) is 0 Å². The van der Waals surface area contributed by atoms with Crippen LogP contribution < -0.4 is 16.4 Å². The molecular formula is C21H19N3O6. The zero-order chi connectivity index (χ0) is 22.0. The summed E-state index contributed by atoms with van der Waals surface area (Å²) in [5.74, 6) is -2.64. The number of ether oxygens (including phenoxy) is 1. The highest BCUT2D eigenvalue weighted by atomic mass is 16.5. The van der Waals surface area contributed by atoms with Gasteiger partial charge in [0.05, 0.1) is 16.8 Å². The third-order valence-corrected chi connectivity index (χ3v) is 4.58. The quantitative estimate of drug-likeness (QED) is 0.437. The van der Waals surface area contributed by atoms with Crippen LogP contribution in [-0.4, -0.2) is 42.1 Å². The maximum atomic E-state index is 12.9. The molecule has 1 aliphatic carbocycles. The van der Waals surface area contributed by atoms with Gasteiger partial charge >= 0.3 is 12.0 Å². The van der Waals surface area contributed by atoms with Gasteiger partial charge in [0.1, 0.15) is 0 Å². The number of urea groups is 1. The Balaban J connectivity index is 1.86. The third kappa shape index (κ3) is 3.64. The second-order valence-corrected chi connectivity index (χ2v) is 6.55. The summed E-state index contributed by atoms with van der Waals surface area (Å²) in [6.45, 7) is 3.28. The molecule has 0 saturated heterocycles. The number of amides is 3. The second-order valence-electron chi connectivity index (χ2n) is 6.55. The first-order valence-corrected chi connectivity index (χ1v) is 9.16. The minimum atomic E-state index is -1.30. The van der Waals surface area contributed by atoms with Crippen LogP contribution in [0.3, 0.4) is 0 Å². The molecular weight excluding hydrogens is 390 g/mol. The van der Waals surface area contributed by atoms with Gasteiger partial charge in [0.15, 0.2) is 17.7 Å². The Morgan fingerprint density at radius 3 is 2.27 bits per heavy atom. The summed E-state index contributed by atoms with van der Waals surface area (Å²) in [4.78, 5) is 61.5. The van der Waals surface area contributed by atoms with E-state index in [1.54, 1.807) is 25.1 Å². The van der Waals surface area contributed by atoms with Gasteiger partial charge < -0.3 is 15.8 Å². The lowest BCUT2D eigenvalue weighted by molar-refractivity contribution is -0.127. The first kappa shape index (κ1) is 20.7. The predicted octanol–water partition coefficient (Wildman–Crippen LogP) is 1.44. The molecule has 30 heavy (non-hydrogen) atoms. The lowest BCUT2D eigenvalue weighted by Gasteiger charge is -2.20. The van der Waals surface area contributed by atoms with E-state index >= 15 is 0 Å². The Bertz CT molecular complexity index is 1090. The van der Waals surface area contributed by atoms with Gasteiger partial charge in [-0.05, 0) is 26.0 Å². The summed E-state index contributed by atoms with van der Waals surface area (Å²) in [5.41, 5.74) is 6.16. The van der Waals surface area contributed by atoms with Crippen LogP contribution in [0.15, 0.2) is 36.4 Å². The number of nitrogens with one attached hydrogen (secondary N) is 2. The number of rotatable bonds is 4. The molecule has 0 aromatic heterocycles. The molecule has 0 radical (unpaired) electrons. The highest BCUT2D eigenvalue weighted by Crippen LogP contribution is 2.33. The van der Waals surface area contributed by atoms with Gasteiger partial charge in [-0.1, -0.05) is 24.3 Å². The van der Waals surface area contributed by atoms with Crippen molar-refractivity contribution in [3.05, 3.63) is 64.2 Å². The molecule has 9 heteroatoms. The summed E-state index contributed by atoms with van der Waals surface area (Å²) in [7, 11) is 0. The van der Waals surface area contributed by atoms with Crippen LogP contribution in [0.2, 0.25) is 0 Å². The van der Waals surface area contributed by atoms with Crippen molar-refractivity contribution < 1.29 is 28.7 Å². The van der Waals surface area contributed by atoms with E-state index in [4.69, 9.17) is 10.5 Å². The zero-order valence-corrected chi connectivity index (χ0v) is 16.3. The molecule has 0 aliphatic heterocycles. The van der Waals surface area contributed by atoms with Crippen molar-refractivity contribution in [2.45, 2.75) is 20.0 Å². The summed E-state index contributed by atoms with van der Waals surface area (Å²) >= 11 is 0. The van der Waals surface area contributed by atoms with Crippen molar-refractivity contribution >= 4 is 35.2 Å². The fourth-order valence-electron chi connectivity index (χ4n) is 3.09. The summed E-state index contributed by atoms with van der Waals surface area (Å²) in [5, 5.41) is 4.41. The first-order chi connectivity index (χ1) is 14.3. The van der Waals surface area contributed by atoms with Crippen LogP contribution in [0.1, 0.15) is 56.0 Å². The van der Waals surface area contributed by atoms with E-state index < -0.39 is 29.8 Å². The average Bonchev–Trinajstić information content (AvgIpc) is 2.71. The average molecular weight is 409 g/mol. The van der Waals surface area contributed by atoms with E-state index in [1.165, 1.54) is 25.1 Å². The molecule has 154 valence electrons. The number of ketones is 2. The number of hydrogen-bond donors (Lipinski definition) is 3. The molecule has 1 unspecified atom stereocenters. The molecule has 0 saturated carbocycles. The minimum absolute atomic E-state index is 0.0763. The number of benzene rings is 2. The number of nitrogens with two attached hydrogens (primary N) is 1. The fourth-order valence-corrected chi connectivity index (χ4v) is 3.09. The lowest BCUT2D eigenvalue weighted by Crippen LogP contribution is -2.44. The molecule has 1 atom stereocenters. The molecule has 3 amide bonds. The molecule has 0 heterocycles. The van der Waals surface area contributed by atoms with Gasteiger partial charge in [0.25, 0.3) is 5.91 Å². The Morgan fingerprint density at radius 1 is 1.00 bits per heavy atom. The molecule has 2 aromatic carbocycles. The zero-order valence-electron chi connectivity index (χ0n) is 16.3. The Hall–Kier alpha value is -4.01. The van der Waals surface area contributed by atoms with E-state index in [2.05, 4.69) is 5.32 Å². The summed E-state index contributed by atoms with van der Waals surface area (Å²) < 4.78 is 5.07. The number of esters is 1. The number of carbonyl (C=O) groups excluding carboxylic acids is 5. The highest BCUT2D eigenvalue weighted by Gasteiger charge is 2.33. The highest BCUT2D eigenvalue weighted by molar-refractivity contribution is 6.30. The van der Waals surface area contributed by atoms with E-state index in [-0.39, 0.29) is 39.3 Å². The third-order valence-electron chi connectivity index (χ3n) is 4.58. The van der Waals surface area contributed by atoms with Gasteiger partial charge in [-0.25, -0.2) is 9.59 Å². The van der Waals surface area contributed by atoms with Crippen molar-refractivity contribution in [3.63, 3.8) is 0 Å². The van der Waals surface area contributed by atoms with Gasteiger partial charge in [-0.15, -0.1) is 0 Å². The number of carbonyl (C=O) groups is 5. The van der Waals surface area contributed by atoms with Crippen LogP contribution >= 0.6 is 0 Å². The van der Waals surface area contributed by atoms with Crippen LogP contribution in [0, 0.1) is 0 Å². The van der Waals surface area contributed by atoms with Crippen LogP contribution in [0.4, 0.5) is 10.5 Å². The van der Waals surface area contributed by atoms with Gasteiger partial charge in [0.2, 0.25) is 0 Å². The largest absolute Gasteiger partial charge is 0.449 e. The van der Waals surface area contributed by atoms with E-state index in [0.717, 1.165) is 0 Å². The van der Waals surface area contributed by atoms with Crippen LogP contribution in [-0.2, 0) is 9.53 Å². The maximum absolute atomic E-state index is 12.9. The van der Waals surface area contributed by atoms with Gasteiger partial charge in [0, 0.05) is 23.2 Å². The molecule has 1 aliphatic rings. The van der Waals surface area contributed by atoms with Gasteiger partial charge in [-0.2, -0.15) is 0 Å². The monoisotopic (exact) mass is 409 g/mol. The van der Waals surface area contributed by atoms with Crippen LogP contribution in [0.25, 0.3) is 0 Å². The molecule has 0 spiro atoms. The standard InChI is InChI=1S/C21H19N3O6/c1-3-23-21(29)24-19(27)10(2)30-20(28)14-9-8-13-15(16(14)22)18(26)12-7-5-4-6-11(12)17(13)25/h4-10H,3,22H2,1-2H3,(H2,23,24,27,29). The van der Waals surface area contributed by atoms with Crippen molar-refractivity contribution in [1.29, 1.82) is 0 Å². The Morgan fingerprint density at radius 2 is 1.63 bits per heavy atom. The smallest absolute Gasteiger partial charge is 0.341 e. The normalized spacial score (nSPS) is 13.0. The molecule has 4 N–H and O–H groups in total. The van der Waals surface area contributed by atoms with E-state index in [0.29, 0.717) is 6.54 Å². The first-order valence-electron chi connectivity index (χ1n) is 9.16. The SMILES string of the molecule is CCNC(=O)NC(=O)C(C)OC(=O)c1ccc2c(c1N)C(=O)c1ccccc1C2=O. The Labute approximate surface area is 171 Å². The number of anilines is 1. The predicted molar refractivity (Wildman–Crippen MR) is 106 cm³/mol. The van der Waals surface area contributed by atoms with Crippen molar-refractivity contribution in [1.82, 2.24) is 10.6 Å². The van der Waals surface area contributed by atoms with Gasteiger partial charge in [-0.3, -0.25) is 19.7 Å². The fraction of sp³-hybridized carbons (Fsp3) is 0.190. The summed E-state index contributed by atoms with van der Waals surface area (Å²) in [6, 6.07) is 8.21. The minimum Gasteiger partial charge on any atom is -0.449 e. The van der Waals surface area contributed by atoms with Crippen LogP contribution in [0.5, 0.6) is 0 Å². The lowest BCUT2D eigenvalue weighted by atomic mass is 9.82. The molecule has 0 fully saturated rings. The topological polar surface area (TPSA) is 145 Å². The van der Waals surface area contributed by atoms with E-state index in [1.807, 2.05) is 5.32 Å². The molecule has 3 rings (SSSR count). The summed E-state index contributed by atoms with van der Waals surface area (Å²) in [6.07, 6.45) is -1.30. The molecule has 0 bridgehead atoms. The number of nitrogen functional groups attached to an aromatic ring is 1. The van der Waals surface area contributed by atoms with Crippen molar-refractivity contribution in [2.24, 2.45) is 0 Å². The number of hydrogen-bond acceptors (Lipinski definition) is 7. The van der Waals surface area contributed by atoms with E-state index in [9.17, 15) is 24.0 Å².